The third-order valence-electron chi connectivity index (χ3n) is 2.48. The molecular formula is C12H11FN2O2. The van der Waals surface area contributed by atoms with Crippen LogP contribution in [-0.4, -0.2) is 22.7 Å². The highest BCUT2D eigenvalue weighted by molar-refractivity contribution is 6.09. The van der Waals surface area contributed by atoms with E-state index in [1.165, 1.54) is 36.2 Å². The molecule has 0 aliphatic heterocycles. The van der Waals surface area contributed by atoms with E-state index in [9.17, 15) is 9.18 Å². The predicted octanol–water partition coefficient (Wildman–Crippen LogP) is 1.80. The number of nitrogens with zero attached hydrogens (tertiary/aromatic N) is 2. The number of rotatable bonds is 3. The van der Waals surface area contributed by atoms with Crippen molar-refractivity contribution in [1.29, 1.82) is 0 Å². The van der Waals surface area contributed by atoms with E-state index in [4.69, 9.17) is 4.74 Å². The third-order valence-corrected chi connectivity index (χ3v) is 2.48. The zero-order valence-electron chi connectivity index (χ0n) is 9.48. The highest BCUT2D eigenvalue weighted by atomic mass is 19.1. The largest absolute Gasteiger partial charge is 0.496 e. The van der Waals surface area contributed by atoms with Gasteiger partial charge in [-0.25, -0.2) is 4.39 Å². The van der Waals surface area contributed by atoms with E-state index in [0.717, 1.165) is 0 Å². The number of halogens is 1. The Hall–Kier alpha value is -2.17. The van der Waals surface area contributed by atoms with E-state index in [1.54, 1.807) is 13.1 Å². The van der Waals surface area contributed by atoms with Crippen LogP contribution in [0.15, 0.2) is 30.5 Å². The molecule has 0 atom stereocenters. The molecule has 4 nitrogen and oxygen atoms in total. The topological polar surface area (TPSA) is 44.1 Å². The molecule has 1 heterocycles. The van der Waals surface area contributed by atoms with Crippen LogP contribution in [0, 0.1) is 5.82 Å². The van der Waals surface area contributed by atoms with Crippen LogP contribution in [0.3, 0.4) is 0 Å². The fourth-order valence-electron chi connectivity index (χ4n) is 1.62. The van der Waals surface area contributed by atoms with Crippen molar-refractivity contribution in [1.82, 2.24) is 9.78 Å². The lowest BCUT2D eigenvalue weighted by atomic mass is 10.1. The minimum atomic E-state index is -0.601. The number of ketones is 1. The molecule has 0 saturated carbocycles. The number of aryl methyl sites for hydroxylation is 1. The Bertz CT molecular complexity index is 563. The maximum Gasteiger partial charge on any atom is 0.217 e. The lowest BCUT2D eigenvalue weighted by Crippen LogP contribution is -2.11. The van der Waals surface area contributed by atoms with Crippen molar-refractivity contribution in [3.8, 4) is 5.75 Å². The van der Waals surface area contributed by atoms with Crippen LogP contribution in [-0.2, 0) is 7.05 Å². The molecule has 0 saturated heterocycles. The minimum Gasteiger partial charge on any atom is -0.496 e. The molecule has 0 fully saturated rings. The molecule has 0 aliphatic rings. The van der Waals surface area contributed by atoms with Gasteiger partial charge in [-0.3, -0.25) is 9.48 Å². The summed E-state index contributed by atoms with van der Waals surface area (Å²) in [7, 11) is 3.02. The third kappa shape index (κ3) is 1.91. The Labute approximate surface area is 97.6 Å². The summed E-state index contributed by atoms with van der Waals surface area (Å²) in [5.41, 5.74) is 0.243. The van der Waals surface area contributed by atoms with Crippen LogP contribution in [0.5, 0.6) is 5.75 Å². The summed E-state index contributed by atoms with van der Waals surface area (Å²) in [5.74, 6) is -0.827. The first-order valence-corrected chi connectivity index (χ1v) is 5.00. The van der Waals surface area contributed by atoms with Crippen molar-refractivity contribution in [3.05, 3.63) is 47.5 Å². The fourth-order valence-corrected chi connectivity index (χ4v) is 1.62. The van der Waals surface area contributed by atoms with E-state index >= 15 is 0 Å². The zero-order chi connectivity index (χ0) is 12.4. The number of methoxy groups -OCH3 is 1. The standard InChI is InChI=1S/C12H11FN2O2/c1-15-9(6-7-14-15)12(16)11-8(13)4-3-5-10(11)17-2/h3-7H,1-2H3. The van der Waals surface area contributed by atoms with Crippen molar-refractivity contribution < 1.29 is 13.9 Å². The van der Waals surface area contributed by atoms with E-state index < -0.39 is 11.6 Å². The second-order valence-electron chi connectivity index (χ2n) is 3.49. The van der Waals surface area contributed by atoms with Crippen molar-refractivity contribution in [3.63, 3.8) is 0 Å². The van der Waals surface area contributed by atoms with Gasteiger partial charge < -0.3 is 4.74 Å². The van der Waals surface area contributed by atoms with E-state index in [0.29, 0.717) is 5.69 Å². The maximum atomic E-state index is 13.7. The van der Waals surface area contributed by atoms with Gasteiger partial charge in [0.2, 0.25) is 5.78 Å². The van der Waals surface area contributed by atoms with Gasteiger partial charge in [0.25, 0.3) is 0 Å². The normalized spacial score (nSPS) is 10.3. The molecule has 1 aromatic heterocycles. The first-order chi connectivity index (χ1) is 8.15. The van der Waals surface area contributed by atoms with Gasteiger partial charge in [-0.2, -0.15) is 5.10 Å². The number of carbonyl (C=O) groups is 1. The molecule has 2 rings (SSSR count). The summed E-state index contributed by atoms with van der Waals surface area (Å²) in [6.07, 6.45) is 1.49. The quantitative estimate of drug-likeness (QED) is 0.760. The predicted molar refractivity (Wildman–Crippen MR) is 59.6 cm³/mol. The number of hydrogen-bond donors (Lipinski definition) is 0. The number of benzene rings is 1. The van der Waals surface area contributed by atoms with Crippen LogP contribution < -0.4 is 4.74 Å². The molecule has 0 aliphatic carbocycles. The molecule has 0 N–H and O–H groups in total. The van der Waals surface area contributed by atoms with Crippen LogP contribution in [0.25, 0.3) is 0 Å². The second kappa shape index (κ2) is 4.37. The smallest absolute Gasteiger partial charge is 0.217 e. The Balaban J connectivity index is 2.55. The maximum absolute atomic E-state index is 13.7. The van der Waals surface area contributed by atoms with Crippen LogP contribution in [0.4, 0.5) is 4.39 Å². The lowest BCUT2D eigenvalue weighted by molar-refractivity contribution is 0.102. The molecule has 0 bridgehead atoms. The summed E-state index contributed by atoms with van der Waals surface area (Å²) in [5, 5.41) is 3.88. The van der Waals surface area contributed by atoms with Gasteiger partial charge in [0.1, 0.15) is 22.8 Å². The molecule has 2 aromatic rings. The van der Waals surface area contributed by atoms with Crippen molar-refractivity contribution in [2.45, 2.75) is 0 Å². The van der Waals surface area contributed by atoms with E-state index in [2.05, 4.69) is 5.10 Å². The summed E-state index contributed by atoms with van der Waals surface area (Å²) in [6.45, 7) is 0. The number of aromatic nitrogens is 2. The van der Waals surface area contributed by atoms with Crippen molar-refractivity contribution >= 4 is 5.78 Å². The van der Waals surface area contributed by atoms with Crippen molar-refractivity contribution in [2.24, 2.45) is 7.05 Å². The Morgan fingerprint density at radius 3 is 2.76 bits per heavy atom. The summed E-state index contributed by atoms with van der Waals surface area (Å²) in [6, 6.07) is 5.81. The molecule has 0 unspecified atom stereocenters. The molecular weight excluding hydrogens is 223 g/mol. The highest BCUT2D eigenvalue weighted by Gasteiger charge is 2.21. The zero-order valence-corrected chi connectivity index (χ0v) is 9.48. The highest BCUT2D eigenvalue weighted by Crippen LogP contribution is 2.23. The molecule has 0 amide bonds. The van der Waals surface area contributed by atoms with Gasteiger partial charge in [-0.1, -0.05) is 6.07 Å². The van der Waals surface area contributed by atoms with Gasteiger partial charge in [0, 0.05) is 13.2 Å². The first kappa shape index (κ1) is 11.3. The average Bonchev–Trinajstić information content (AvgIpc) is 2.74. The average molecular weight is 234 g/mol. The van der Waals surface area contributed by atoms with Crippen LogP contribution >= 0.6 is 0 Å². The van der Waals surface area contributed by atoms with E-state index in [-0.39, 0.29) is 11.3 Å². The molecule has 0 spiro atoms. The van der Waals surface area contributed by atoms with Gasteiger partial charge in [-0.15, -0.1) is 0 Å². The van der Waals surface area contributed by atoms with Gasteiger partial charge in [-0.05, 0) is 18.2 Å². The summed E-state index contributed by atoms with van der Waals surface area (Å²) in [4.78, 5) is 12.1. The minimum absolute atomic E-state index is 0.0707. The van der Waals surface area contributed by atoms with E-state index in [1.807, 2.05) is 0 Å². The SMILES string of the molecule is COc1cccc(F)c1C(=O)c1ccnn1C. The van der Waals surface area contributed by atoms with Gasteiger partial charge in [0.05, 0.1) is 7.11 Å². The van der Waals surface area contributed by atoms with Crippen molar-refractivity contribution in [2.75, 3.05) is 7.11 Å². The number of carbonyl (C=O) groups excluding carboxylic acids is 1. The van der Waals surface area contributed by atoms with Crippen LogP contribution in [0.2, 0.25) is 0 Å². The van der Waals surface area contributed by atoms with Gasteiger partial charge >= 0.3 is 0 Å². The number of ether oxygens (including phenoxy) is 1. The fraction of sp³-hybridized carbons (Fsp3) is 0.167. The molecule has 88 valence electrons. The Kier molecular flexibility index (Phi) is 2.91. The monoisotopic (exact) mass is 234 g/mol. The molecule has 1 aromatic carbocycles. The van der Waals surface area contributed by atoms with Crippen LogP contribution in [0.1, 0.15) is 16.1 Å². The summed E-state index contributed by atoms with van der Waals surface area (Å²) >= 11 is 0. The number of hydrogen-bond acceptors (Lipinski definition) is 3. The second-order valence-corrected chi connectivity index (χ2v) is 3.49. The summed E-state index contributed by atoms with van der Waals surface area (Å²) < 4.78 is 20.1. The van der Waals surface area contributed by atoms with Gasteiger partial charge in [0.15, 0.2) is 0 Å². The molecule has 17 heavy (non-hydrogen) atoms. The molecule has 5 heteroatoms. The first-order valence-electron chi connectivity index (χ1n) is 5.00. The molecule has 0 radical (unpaired) electrons. The Morgan fingerprint density at radius 2 is 2.18 bits per heavy atom. The lowest BCUT2D eigenvalue weighted by Gasteiger charge is -2.08. The Morgan fingerprint density at radius 1 is 1.41 bits per heavy atom.